The molecule has 0 saturated heterocycles. The zero-order valence-electron chi connectivity index (χ0n) is 18.8. The number of methoxy groups -OCH3 is 1. The van der Waals surface area contributed by atoms with Crippen molar-refractivity contribution in [3.63, 3.8) is 0 Å². The Morgan fingerprint density at radius 2 is 2.06 bits per heavy atom. The number of carbonyl (C=O) groups excluding carboxylic acids is 1. The van der Waals surface area contributed by atoms with E-state index in [1.165, 1.54) is 11.3 Å². The molecule has 0 bridgehead atoms. The maximum atomic E-state index is 13.7. The summed E-state index contributed by atoms with van der Waals surface area (Å²) in [5, 5.41) is 0. The maximum absolute atomic E-state index is 13.7. The summed E-state index contributed by atoms with van der Waals surface area (Å²) in [7, 11) is 1.57. The van der Waals surface area contributed by atoms with Crippen molar-refractivity contribution in [1.29, 1.82) is 0 Å². The molecule has 0 saturated carbocycles. The van der Waals surface area contributed by atoms with Crippen LogP contribution in [0.25, 0.3) is 6.08 Å². The summed E-state index contributed by atoms with van der Waals surface area (Å²) in [5.74, 6) is 0.593. The van der Waals surface area contributed by atoms with Gasteiger partial charge in [-0.3, -0.25) is 9.36 Å². The predicted octanol–water partition coefficient (Wildman–Crippen LogP) is 4.71. The van der Waals surface area contributed by atoms with Gasteiger partial charge in [0.05, 0.1) is 34.0 Å². The molecule has 10 heteroatoms. The van der Waals surface area contributed by atoms with Gasteiger partial charge in [0, 0.05) is 11.6 Å². The molecular weight excluding hydrogens is 588 g/mol. The molecule has 0 fully saturated rings. The van der Waals surface area contributed by atoms with Crippen LogP contribution in [0.15, 0.2) is 64.9 Å². The van der Waals surface area contributed by atoms with Gasteiger partial charge in [0.15, 0.2) is 9.47 Å². The number of rotatable bonds is 7. The van der Waals surface area contributed by atoms with E-state index in [1.807, 2.05) is 31.2 Å². The third kappa shape index (κ3) is 4.58. The molecule has 1 aromatic carbocycles. The predicted molar refractivity (Wildman–Crippen MR) is 137 cm³/mol. The first-order valence-corrected chi connectivity index (χ1v) is 13.1. The summed E-state index contributed by atoms with van der Waals surface area (Å²) >= 11 is 7.97. The minimum absolute atomic E-state index is 0.215. The lowest BCUT2D eigenvalue weighted by molar-refractivity contribution is -0.139. The van der Waals surface area contributed by atoms with Gasteiger partial charge in [-0.2, -0.15) is 0 Å². The van der Waals surface area contributed by atoms with Crippen LogP contribution in [-0.4, -0.2) is 24.3 Å². The molecule has 7 nitrogen and oxygen atoms in total. The van der Waals surface area contributed by atoms with E-state index < -0.39 is 12.0 Å². The second-order valence-corrected chi connectivity index (χ2v) is 10.0. The number of allylic oxidation sites excluding steroid dienone is 1. The highest BCUT2D eigenvalue weighted by molar-refractivity contribution is 9.13. The van der Waals surface area contributed by atoms with E-state index in [-0.39, 0.29) is 12.2 Å². The second kappa shape index (κ2) is 10.5. The molecule has 1 aliphatic rings. The Morgan fingerprint density at radius 3 is 2.71 bits per heavy atom. The number of hydrogen-bond donors (Lipinski definition) is 0. The highest BCUT2D eigenvalue weighted by Crippen LogP contribution is 2.36. The van der Waals surface area contributed by atoms with Gasteiger partial charge in [0.2, 0.25) is 0 Å². The first-order chi connectivity index (χ1) is 16.4. The number of hydrogen-bond acceptors (Lipinski definition) is 7. The molecule has 0 unspecified atom stereocenters. The fraction of sp³-hybridized carbons (Fsp3) is 0.292. The number of benzene rings is 1. The van der Waals surface area contributed by atoms with Crippen molar-refractivity contribution in [1.82, 2.24) is 4.57 Å². The Morgan fingerprint density at radius 1 is 1.29 bits per heavy atom. The smallest absolute Gasteiger partial charge is 0.338 e. The largest absolute Gasteiger partial charge is 0.496 e. The topological polar surface area (TPSA) is 83.0 Å². The molecular formula is C24H22Br2N2O5S. The van der Waals surface area contributed by atoms with Crippen molar-refractivity contribution in [3.05, 3.63) is 81.8 Å². The Kier molecular flexibility index (Phi) is 7.59. The number of aromatic nitrogens is 1. The fourth-order valence-electron chi connectivity index (χ4n) is 3.87. The standard InChI is InChI=1S/C24H22Br2N2O5S/c1-4-8-16-19(23(30)32-5-2)20(14-9-6-7-10-17(14)31-3)28-22(29)18(34-24(28)27-16)12-13-11-15(25)21(26)33-13/h6-7,9-12,20H,4-5,8H2,1-3H3/b18-12+/t20-/m1/s1. The zero-order chi connectivity index (χ0) is 24.4. The molecule has 34 heavy (non-hydrogen) atoms. The van der Waals surface area contributed by atoms with E-state index in [9.17, 15) is 9.59 Å². The Balaban J connectivity index is 2.03. The van der Waals surface area contributed by atoms with Crippen LogP contribution >= 0.6 is 43.2 Å². The molecule has 1 atom stereocenters. The normalized spacial score (nSPS) is 15.8. The lowest BCUT2D eigenvalue weighted by Crippen LogP contribution is -2.40. The van der Waals surface area contributed by atoms with Crippen LogP contribution in [0.3, 0.4) is 0 Å². The van der Waals surface area contributed by atoms with Crippen LogP contribution < -0.4 is 19.6 Å². The molecule has 2 aromatic heterocycles. The van der Waals surface area contributed by atoms with Crippen molar-refractivity contribution >= 4 is 55.2 Å². The van der Waals surface area contributed by atoms with E-state index in [4.69, 9.17) is 18.9 Å². The lowest BCUT2D eigenvalue weighted by Gasteiger charge is -2.26. The number of halogens is 2. The molecule has 4 rings (SSSR count). The number of carbonyl (C=O) groups is 1. The Labute approximate surface area is 216 Å². The van der Waals surface area contributed by atoms with Crippen molar-refractivity contribution in [3.8, 4) is 5.75 Å². The van der Waals surface area contributed by atoms with Crippen molar-refractivity contribution < 1.29 is 18.7 Å². The molecule has 1 aliphatic heterocycles. The molecule has 0 aliphatic carbocycles. The van der Waals surface area contributed by atoms with Gasteiger partial charge >= 0.3 is 5.97 Å². The van der Waals surface area contributed by atoms with E-state index in [2.05, 4.69) is 31.9 Å². The van der Waals surface area contributed by atoms with Crippen molar-refractivity contribution in [2.75, 3.05) is 13.7 Å². The highest BCUT2D eigenvalue weighted by atomic mass is 79.9. The molecule has 0 spiro atoms. The number of nitrogens with zero attached hydrogens (tertiary/aromatic N) is 2. The summed E-state index contributed by atoms with van der Waals surface area (Å²) in [6.45, 7) is 3.99. The molecule has 178 valence electrons. The van der Waals surface area contributed by atoms with Crippen LogP contribution in [0.1, 0.15) is 44.1 Å². The quantitative estimate of drug-likeness (QED) is 0.363. The van der Waals surface area contributed by atoms with Crippen LogP contribution in [0.5, 0.6) is 5.75 Å². The number of furan rings is 1. The van der Waals surface area contributed by atoms with Crippen LogP contribution in [0, 0.1) is 0 Å². The first kappa shape index (κ1) is 24.7. The number of ether oxygens (including phenoxy) is 2. The van der Waals surface area contributed by atoms with Crippen molar-refractivity contribution in [2.24, 2.45) is 4.99 Å². The van der Waals surface area contributed by atoms with Gasteiger partial charge < -0.3 is 13.9 Å². The van der Waals surface area contributed by atoms with Gasteiger partial charge in [0.25, 0.3) is 5.56 Å². The maximum Gasteiger partial charge on any atom is 0.338 e. The minimum atomic E-state index is -0.731. The van der Waals surface area contributed by atoms with Gasteiger partial charge in [-0.25, -0.2) is 9.79 Å². The fourth-order valence-corrected chi connectivity index (χ4v) is 5.48. The van der Waals surface area contributed by atoms with Gasteiger partial charge in [-0.1, -0.05) is 42.9 Å². The minimum Gasteiger partial charge on any atom is -0.496 e. The summed E-state index contributed by atoms with van der Waals surface area (Å²) in [6, 6.07) is 8.41. The van der Waals surface area contributed by atoms with Crippen molar-refractivity contribution in [2.45, 2.75) is 32.7 Å². The molecule has 0 amide bonds. The molecule has 3 aromatic rings. The Bertz CT molecular complexity index is 1430. The third-order valence-corrected chi connectivity index (χ3v) is 7.96. The zero-order valence-corrected chi connectivity index (χ0v) is 22.8. The van der Waals surface area contributed by atoms with Crippen LogP contribution in [0.2, 0.25) is 0 Å². The molecule has 3 heterocycles. The van der Waals surface area contributed by atoms with Crippen LogP contribution in [0.4, 0.5) is 0 Å². The molecule has 0 N–H and O–H groups in total. The summed E-state index contributed by atoms with van der Waals surface area (Å²) in [5.41, 5.74) is 1.39. The van der Waals surface area contributed by atoms with Gasteiger partial charge in [-0.15, -0.1) is 0 Å². The number of thiazole rings is 1. The van der Waals surface area contributed by atoms with Gasteiger partial charge in [0.1, 0.15) is 17.6 Å². The molecule has 0 radical (unpaired) electrons. The van der Waals surface area contributed by atoms with E-state index in [0.717, 1.165) is 10.9 Å². The number of fused-ring (bicyclic) bond motifs is 1. The Hall–Kier alpha value is -2.43. The second-order valence-electron chi connectivity index (χ2n) is 7.43. The van der Waals surface area contributed by atoms with E-state index >= 15 is 0 Å². The SMILES string of the molecule is CCCC1=C(C(=O)OCC)[C@@H](c2ccccc2OC)n2c(s/c(=C/c3cc(Br)c(Br)o3)c2=O)=N1. The van der Waals surface area contributed by atoms with Gasteiger partial charge in [-0.05, 0) is 57.3 Å². The first-order valence-electron chi connectivity index (χ1n) is 10.7. The van der Waals surface area contributed by atoms with E-state index in [0.29, 0.717) is 48.8 Å². The average Bonchev–Trinajstić information content (AvgIpc) is 3.30. The number of para-hydroxylation sites is 1. The average molecular weight is 610 g/mol. The summed E-state index contributed by atoms with van der Waals surface area (Å²) in [6.07, 6.45) is 3.03. The number of esters is 1. The lowest BCUT2D eigenvalue weighted by atomic mass is 9.93. The summed E-state index contributed by atoms with van der Waals surface area (Å²) in [4.78, 5) is 32.1. The van der Waals surface area contributed by atoms with Crippen LogP contribution in [-0.2, 0) is 9.53 Å². The van der Waals surface area contributed by atoms with E-state index in [1.54, 1.807) is 30.7 Å². The highest BCUT2D eigenvalue weighted by Gasteiger charge is 2.35. The monoisotopic (exact) mass is 608 g/mol. The third-order valence-electron chi connectivity index (χ3n) is 5.26. The summed E-state index contributed by atoms with van der Waals surface area (Å²) < 4.78 is 19.9.